The second-order valence-electron chi connectivity index (χ2n) is 9.19. The number of ether oxygens (including phenoxy) is 5. The molecule has 5 rings (SSSR count). The monoisotopic (exact) mass is 557 g/mol. The van der Waals surface area contributed by atoms with Crippen LogP contribution in [0.25, 0.3) is 0 Å². The lowest BCUT2D eigenvalue weighted by molar-refractivity contribution is 0.00240. The fourth-order valence-corrected chi connectivity index (χ4v) is 5.55. The highest BCUT2D eigenvalue weighted by molar-refractivity contribution is 7.91. The van der Waals surface area contributed by atoms with Gasteiger partial charge in [-0.25, -0.2) is 4.99 Å². The Morgan fingerprint density at radius 2 is 1.57 bits per heavy atom. The van der Waals surface area contributed by atoms with Crippen LogP contribution in [0.3, 0.4) is 0 Å². The van der Waals surface area contributed by atoms with Gasteiger partial charge < -0.3 is 28.2 Å². The van der Waals surface area contributed by atoms with Gasteiger partial charge in [-0.1, -0.05) is 60.2 Å². The summed E-state index contributed by atoms with van der Waals surface area (Å²) >= 11 is -1.38. The summed E-state index contributed by atoms with van der Waals surface area (Å²) in [5.74, 6) is 1.90. The van der Waals surface area contributed by atoms with Crippen LogP contribution in [0.2, 0.25) is 0 Å². The standard InChI is InChI=1S/C32H31NO6S/c1-22-13-15-25(16-14-22)40(34)30-12-8-7-11-26(30)32-33-27(20-38-32)24-17-28(35-2)31(29(18-24)36-3)39-21-37-19-23-9-5-4-6-10-23/h4-18,27H,19-21H2,1-3H3/t27?,40-/m0/s1. The summed E-state index contributed by atoms with van der Waals surface area (Å²) < 4.78 is 42.3. The molecule has 0 aliphatic carbocycles. The Hall–Kier alpha value is -3.98. The number of nitrogens with zero attached hydrogens (tertiary/aromatic N) is 1. The first kappa shape index (κ1) is 27.6. The van der Waals surface area contributed by atoms with Crippen molar-refractivity contribution in [1.29, 1.82) is 0 Å². The van der Waals surface area contributed by atoms with Crippen LogP contribution in [0.1, 0.15) is 28.3 Å². The first-order chi connectivity index (χ1) is 19.6. The van der Waals surface area contributed by atoms with Gasteiger partial charge in [0.25, 0.3) is 0 Å². The Balaban J connectivity index is 1.34. The van der Waals surface area contributed by atoms with Crippen molar-refractivity contribution in [3.05, 3.63) is 113 Å². The molecule has 206 valence electrons. The lowest BCUT2D eigenvalue weighted by Gasteiger charge is -2.17. The van der Waals surface area contributed by atoms with Gasteiger partial charge in [-0.2, -0.15) is 0 Å². The van der Waals surface area contributed by atoms with E-state index >= 15 is 0 Å². The van der Waals surface area contributed by atoms with Crippen molar-refractivity contribution in [2.45, 2.75) is 29.4 Å². The van der Waals surface area contributed by atoms with E-state index in [2.05, 4.69) is 0 Å². The number of aliphatic imine (C=N–C) groups is 1. The minimum absolute atomic E-state index is 0.0324. The molecular weight excluding hydrogens is 526 g/mol. The van der Waals surface area contributed by atoms with Gasteiger partial charge in [-0.05, 0) is 54.4 Å². The van der Waals surface area contributed by atoms with Gasteiger partial charge >= 0.3 is 0 Å². The first-order valence-corrected chi connectivity index (χ1v) is 14.0. The minimum Gasteiger partial charge on any atom is -0.606 e. The summed E-state index contributed by atoms with van der Waals surface area (Å²) in [5.41, 5.74) is 3.72. The first-order valence-electron chi connectivity index (χ1n) is 12.9. The fraction of sp³-hybridized carbons (Fsp3) is 0.219. The van der Waals surface area contributed by atoms with Crippen LogP contribution in [0.4, 0.5) is 0 Å². The molecule has 1 heterocycles. The molecule has 0 N–H and O–H groups in total. The van der Waals surface area contributed by atoms with E-state index in [-0.39, 0.29) is 12.8 Å². The SMILES string of the molecule is COc1cc(C2COC(c3ccccc3[S@@+]([O-])c3ccc(C)cc3)=N2)cc(OC)c1OCOCc1ccccc1. The average molecular weight is 558 g/mol. The topological polar surface area (TPSA) is 81.6 Å². The maximum atomic E-state index is 13.4. The van der Waals surface area contributed by atoms with Crippen LogP contribution < -0.4 is 14.2 Å². The highest BCUT2D eigenvalue weighted by Crippen LogP contribution is 2.42. The zero-order chi connectivity index (χ0) is 27.9. The van der Waals surface area contributed by atoms with E-state index in [1.165, 1.54) is 0 Å². The Kier molecular flexibility index (Phi) is 8.91. The quantitative estimate of drug-likeness (QED) is 0.123. The maximum absolute atomic E-state index is 13.4. The largest absolute Gasteiger partial charge is 0.606 e. The molecule has 4 aromatic carbocycles. The van der Waals surface area contributed by atoms with Gasteiger partial charge in [0.15, 0.2) is 28.1 Å². The van der Waals surface area contributed by atoms with E-state index in [0.717, 1.165) is 21.6 Å². The average Bonchev–Trinajstić information content (AvgIpc) is 3.50. The third kappa shape index (κ3) is 6.25. The molecule has 0 aromatic heterocycles. The number of hydrogen-bond acceptors (Lipinski definition) is 7. The Morgan fingerprint density at radius 3 is 2.27 bits per heavy atom. The predicted octanol–water partition coefficient (Wildman–Crippen LogP) is 6.25. The maximum Gasteiger partial charge on any atom is 0.222 e. The highest BCUT2D eigenvalue weighted by Gasteiger charge is 2.29. The van der Waals surface area contributed by atoms with Crippen molar-refractivity contribution in [2.24, 2.45) is 4.99 Å². The lowest BCUT2D eigenvalue weighted by atomic mass is 10.1. The van der Waals surface area contributed by atoms with Crippen molar-refractivity contribution >= 4 is 17.1 Å². The van der Waals surface area contributed by atoms with Gasteiger partial charge in [-0.15, -0.1) is 0 Å². The highest BCUT2D eigenvalue weighted by atomic mass is 32.2. The third-order valence-corrected chi connectivity index (χ3v) is 7.92. The van der Waals surface area contributed by atoms with Crippen molar-refractivity contribution in [1.82, 2.24) is 0 Å². The molecule has 1 unspecified atom stereocenters. The molecule has 0 radical (unpaired) electrons. The van der Waals surface area contributed by atoms with E-state index in [0.29, 0.717) is 46.8 Å². The molecule has 1 aliphatic rings. The van der Waals surface area contributed by atoms with Crippen LogP contribution >= 0.6 is 0 Å². The summed E-state index contributed by atoms with van der Waals surface area (Å²) in [4.78, 5) is 6.23. The number of hydrogen-bond donors (Lipinski definition) is 0. The molecule has 0 bridgehead atoms. The van der Waals surface area contributed by atoms with Crippen molar-refractivity contribution in [2.75, 3.05) is 27.6 Å². The van der Waals surface area contributed by atoms with E-state index in [4.69, 9.17) is 28.7 Å². The summed E-state index contributed by atoms with van der Waals surface area (Å²) in [6.07, 6.45) is 0. The molecule has 0 amide bonds. The van der Waals surface area contributed by atoms with Crippen molar-refractivity contribution in [3.8, 4) is 17.2 Å². The second kappa shape index (κ2) is 12.9. The molecule has 0 saturated heterocycles. The molecule has 1 aliphatic heterocycles. The number of benzene rings is 4. The fourth-order valence-electron chi connectivity index (χ4n) is 4.35. The van der Waals surface area contributed by atoms with Gasteiger partial charge in [0, 0.05) is 11.2 Å². The van der Waals surface area contributed by atoms with Crippen LogP contribution in [0, 0.1) is 6.92 Å². The van der Waals surface area contributed by atoms with E-state index in [9.17, 15) is 4.55 Å². The lowest BCUT2D eigenvalue weighted by Crippen LogP contribution is -2.11. The molecule has 8 heteroatoms. The zero-order valence-corrected chi connectivity index (χ0v) is 23.5. The van der Waals surface area contributed by atoms with Crippen LogP contribution in [-0.4, -0.2) is 38.1 Å². The number of methoxy groups -OCH3 is 2. The summed E-state index contributed by atoms with van der Waals surface area (Å²) in [6, 6.07) is 28.5. The van der Waals surface area contributed by atoms with Crippen LogP contribution in [0.5, 0.6) is 17.2 Å². The van der Waals surface area contributed by atoms with E-state index in [1.807, 2.05) is 97.9 Å². The van der Waals surface area contributed by atoms with Gasteiger partial charge in [0.1, 0.15) is 12.6 Å². The summed E-state index contributed by atoms with van der Waals surface area (Å²) in [5, 5.41) is 0. The Labute approximate surface area is 237 Å². The Morgan fingerprint density at radius 1 is 0.900 bits per heavy atom. The molecule has 40 heavy (non-hydrogen) atoms. The summed E-state index contributed by atoms with van der Waals surface area (Å²) in [6.45, 7) is 2.79. The van der Waals surface area contributed by atoms with Crippen LogP contribution in [-0.2, 0) is 27.3 Å². The van der Waals surface area contributed by atoms with Crippen molar-refractivity contribution < 1.29 is 28.2 Å². The predicted molar refractivity (Wildman–Crippen MR) is 154 cm³/mol. The second-order valence-corrected chi connectivity index (χ2v) is 10.6. The molecule has 0 spiro atoms. The molecule has 0 saturated carbocycles. The molecule has 2 atom stereocenters. The van der Waals surface area contributed by atoms with E-state index in [1.54, 1.807) is 14.2 Å². The summed E-state index contributed by atoms with van der Waals surface area (Å²) in [7, 11) is 3.15. The minimum atomic E-state index is -1.38. The zero-order valence-electron chi connectivity index (χ0n) is 22.7. The van der Waals surface area contributed by atoms with Gasteiger partial charge in [0.2, 0.25) is 11.6 Å². The Bertz CT molecular complexity index is 1430. The number of rotatable bonds is 11. The van der Waals surface area contributed by atoms with Gasteiger partial charge in [-0.3, -0.25) is 0 Å². The molecule has 7 nitrogen and oxygen atoms in total. The normalized spacial score (nSPS) is 15.2. The molecule has 0 fully saturated rings. The van der Waals surface area contributed by atoms with Crippen molar-refractivity contribution in [3.63, 3.8) is 0 Å². The molecular formula is C32H31NO6S. The smallest absolute Gasteiger partial charge is 0.222 e. The van der Waals surface area contributed by atoms with E-state index < -0.39 is 11.2 Å². The van der Waals surface area contributed by atoms with Gasteiger partial charge in [0.05, 0.1) is 26.4 Å². The third-order valence-electron chi connectivity index (χ3n) is 6.47. The molecule has 4 aromatic rings. The van der Waals surface area contributed by atoms with Crippen LogP contribution in [0.15, 0.2) is 106 Å². The number of aryl methyl sites for hydroxylation is 1.